The normalized spacial score (nSPS) is 34.8. The first-order valence-corrected chi connectivity index (χ1v) is 13.4. The molecule has 2 spiro atoms. The topological polar surface area (TPSA) is 103 Å². The smallest absolute Gasteiger partial charge is 0.272 e. The molecule has 5 fully saturated rings. The van der Waals surface area contributed by atoms with Crippen molar-refractivity contribution in [2.45, 2.75) is 106 Å². The van der Waals surface area contributed by atoms with E-state index in [0.29, 0.717) is 0 Å². The number of aromatic amines is 1. The summed E-state index contributed by atoms with van der Waals surface area (Å²) in [6.45, 7) is 0. The van der Waals surface area contributed by atoms with Crippen LogP contribution < -0.4 is 5.43 Å². The van der Waals surface area contributed by atoms with Crippen LogP contribution in [0.1, 0.15) is 69.8 Å². The lowest BCUT2D eigenvalue weighted by Crippen LogP contribution is -2.59. The number of hydrazone groups is 1. The minimum absolute atomic E-state index is 0.371. The zero-order chi connectivity index (χ0) is 24.2. The molecule has 1 aromatic heterocycles. The van der Waals surface area contributed by atoms with E-state index in [-0.39, 0.29) is 5.91 Å². The van der Waals surface area contributed by atoms with Gasteiger partial charge in [-0.15, -0.1) is 0 Å². The fraction of sp³-hybridized carbons (Fsp3) is 0.630. The molecule has 2 aromatic rings. The molecule has 7 rings (SSSR count). The Kier molecular flexibility index (Phi) is 5.66. The average Bonchev–Trinajstić information content (AvgIpc) is 3.58. The van der Waals surface area contributed by atoms with E-state index in [1.54, 1.807) is 6.21 Å². The highest BCUT2D eigenvalue weighted by Gasteiger charge is 2.65. The van der Waals surface area contributed by atoms with Gasteiger partial charge in [-0.05, 0) is 31.7 Å². The van der Waals surface area contributed by atoms with Gasteiger partial charge in [-0.1, -0.05) is 31.0 Å². The third-order valence-corrected chi connectivity index (χ3v) is 8.37. The van der Waals surface area contributed by atoms with Crippen molar-refractivity contribution in [3.05, 3.63) is 36.0 Å². The van der Waals surface area contributed by atoms with Crippen molar-refractivity contribution in [1.82, 2.24) is 10.4 Å². The Morgan fingerprint density at radius 1 is 0.889 bits per heavy atom. The number of carbonyl (C=O) groups is 1. The third-order valence-electron chi connectivity index (χ3n) is 8.37. The second kappa shape index (κ2) is 8.92. The Bertz CT molecular complexity index is 1150. The van der Waals surface area contributed by atoms with Crippen molar-refractivity contribution < 1.29 is 28.5 Å². The SMILES string of the molecule is O=C(N/N=C\c1c[nH]c2ccccc12)C1O[C@@H]2OC3(CCCCC3)O[C@@H]2[C@H]2OC3(CCCCC3)O[C@@H]12. The van der Waals surface area contributed by atoms with Gasteiger partial charge in [0.1, 0.15) is 18.3 Å². The molecule has 36 heavy (non-hydrogen) atoms. The molecule has 192 valence electrons. The fourth-order valence-corrected chi connectivity index (χ4v) is 6.60. The van der Waals surface area contributed by atoms with Crippen molar-refractivity contribution in [1.29, 1.82) is 0 Å². The molecule has 5 aliphatic rings. The largest absolute Gasteiger partial charge is 0.361 e. The van der Waals surface area contributed by atoms with Gasteiger partial charge in [0.25, 0.3) is 5.91 Å². The maximum Gasteiger partial charge on any atom is 0.272 e. The number of rotatable bonds is 3. The summed E-state index contributed by atoms with van der Waals surface area (Å²) in [5, 5.41) is 5.27. The molecule has 9 heteroatoms. The molecule has 0 bridgehead atoms. The minimum atomic E-state index is -0.903. The number of carbonyl (C=O) groups excluding carboxylic acids is 1. The molecule has 9 nitrogen and oxygen atoms in total. The number of hydrogen-bond donors (Lipinski definition) is 2. The van der Waals surface area contributed by atoms with Crippen LogP contribution in [0, 0.1) is 0 Å². The van der Waals surface area contributed by atoms with Crippen LogP contribution in [0.4, 0.5) is 0 Å². The van der Waals surface area contributed by atoms with Crippen LogP contribution in [0.3, 0.4) is 0 Å². The number of hydrogen-bond acceptors (Lipinski definition) is 7. The van der Waals surface area contributed by atoms with Gasteiger partial charge in [-0.25, -0.2) is 5.43 Å². The molecule has 0 radical (unpaired) electrons. The Morgan fingerprint density at radius 2 is 1.56 bits per heavy atom. The number of aromatic nitrogens is 1. The number of para-hydroxylation sites is 1. The number of nitrogens with zero attached hydrogens (tertiary/aromatic N) is 1. The van der Waals surface area contributed by atoms with Gasteiger partial charge in [0, 0.05) is 48.3 Å². The highest BCUT2D eigenvalue weighted by molar-refractivity contribution is 5.99. The number of benzene rings is 1. The predicted octanol–water partition coefficient (Wildman–Crippen LogP) is 3.86. The first kappa shape index (κ1) is 22.9. The minimum Gasteiger partial charge on any atom is -0.361 e. The molecule has 2 N–H and O–H groups in total. The quantitative estimate of drug-likeness (QED) is 0.495. The standard InChI is InChI=1S/C27H33N3O6/c31-24(30-29-16-17-15-28-19-10-4-3-9-18(17)19)22-20-21(34-26(33-20)11-5-1-6-12-26)23-25(32-22)36-27(35-23)13-7-2-8-14-27/h3-4,9-10,15-16,20-23,25,28H,1-2,5-8,11-14H2,(H,30,31)/b29-16-/t20-,21+,22?,23-,25-/m1/s1. The lowest BCUT2D eigenvalue weighted by molar-refractivity contribution is -0.247. The van der Waals surface area contributed by atoms with Crippen molar-refractivity contribution in [2.24, 2.45) is 5.10 Å². The van der Waals surface area contributed by atoms with Crippen molar-refractivity contribution in [3.8, 4) is 0 Å². The summed E-state index contributed by atoms with van der Waals surface area (Å²) in [5.41, 5.74) is 4.57. The highest BCUT2D eigenvalue weighted by atomic mass is 16.9. The number of fused-ring (bicyclic) bond motifs is 4. The first-order chi connectivity index (χ1) is 17.6. The number of ether oxygens (including phenoxy) is 5. The monoisotopic (exact) mass is 495 g/mol. The summed E-state index contributed by atoms with van der Waals surface area (Å²) in [4.78, 5) is 16.6. The second-order valence-corrected chi connectivity index (χ2v) is 10.8. The molecule has 2 aliphatic carbocycles. The zero-order valence-corrected chi connectivity index (χ0v) is 20.3. The number of nitrogens with one attached hydrogen (secondary N) is 2. The van der Waals surface area contributed by atoms with Gasteiger partial charge >= 0.3 is 0 Å². The average molecular weight is 496 g/mol. The Labute approximate surface area is 209 Å². The zero-order valence-electron chi connectivity index (χ0n) is 20.3. The van der Waals surface area contributed by atoms with Crippen LogP contribution in [0.5, 0.6) is 0 Å². The Hall–Kier alpha value is -2.30. The lowest BCUT2D eigenvalue weighted by Gasteiger charge is -2.36. The summed E-state index contributed by atoms with van der Waals surface area (Å²) in [5.74, 6) is -1.70. The van der Waals surface area contributed by atoms with Gasteiger partial charge in [-0.2, -0.15) is 5.10 Å². The first-order valence-electron chi connectivity index (χ1n) is 13.4. The molecule has 1 unspecified atom stereocenters. The van der Waals surface area contributed by atoms with Crippen LogP contribution in [-0.4, -0.2) is 59.4 Å². The third kappa shape index (κ3) is 3.88. The predicted molar refractivity (Wildman–Crippen MR) is 130 cm³/mol. The fourth-order valence-electron chi connectivity index (χ4n) is 6.60. The molecule has 5 atom stereocenters. The number of H-pyrrole nitrogens is 1. The molecule has 4 heterocycles. The Morgan fingerprint density at radius 3 is 2.33 bits per heavy atom. The highest BCUT2D eigenvalue weighted by Crippen LogP contribution is 2.50. The van der Waals surface area contributed by atoms with E-state index in [4.69, 9.17) is 23.7 Å². The van der Waals surface area contributed by atoms with Gasteiger partial charge in [0.2, 0.25) is 0 Å². The molecular formula is C27H33N3O6. The summed E-state index contributed by atoms with van der Waals surface area (Å²) in [6, 6.07) is 7.95. The van der Waals surface area contributed by atoms with Crippen molar-refractivity contribution in [3.63, 3.8) is 0 Å². The molecular weight excluding hydrogens is 462 g/mol. The van der Waals surface area contributed by atoms with Crippen molar-refractivity contribution in [2.75, 3.05) is 0 Å². The van der Waals surface area contributed by atoms with E-state index >= 15 is 0 Å². The van der Waals surface area contributed by atoms with E-state index in [9.17, 15) is 4.79 Å². The van der Waals surface area contributed by atoms with E-state index in [1.807, 2.05) is 30.5 Å². The molecule has 1 amide bonds. The molecule has 3 saturated heterocycles. The van der Waals surface area contributed by atoms with E-state index in [2.05, 4.69) is 15.5 Å². The van der Waals surface area contributed by atoms with Gasteiger partial charge in [-0.3, -0.25) is 4.79 Å². The maximum absolute atomic E-state index is 13.4. The van der Waals surface area contributed by atoms with Crippen LogP contribution in [0.15, 0.2) is 35.6 Å². The van der Waals surface area contributed by atoms with Crippen molar-refractivity contribution >= 4 is 23.0 Å². The van der Waals surface area contributed by atoms with Crippen LogP contribution in [0.25, 0.3) is 10.9 Å². The molecule has 3 aliphatic heterocycles. The summed E-state index contributed by atoms with van der Waals surface area (Å²) < 4.78 is 32.3. The summed E-state index contributed by atoms with van der Waals surface area (Å²) >= 11 is 0. The Balaban J connectivity index is 1.12. The summed E-state index contributed by atoms with van der Waals surface area (Å²) in [7, 11) is 0. The number of amides is 1. The summed E-state index contributed by atoms with van der Waals surface area (Å²) in [6.07, 6.45) is 10.4. The van der Waals surface area contributed by atoms with Gasteiger partial charge in [0.15, 0.2) is 24.0 Å². The van der Waals surface area contributed by atoms with Crippen LogP contribution in [-0.2, 0) is 28.5 Å². The molecule has 2 saturated carbocycles. The van der Waals surface area contributed by atoms with E-state index < -0.39 is 42.3 Å². The second-order valence-electron chi connectivity index (χ2n) is 10.8. The van der Waals surface area contributed by atoms with Crippen LogP contribution in [0.2, 0.25) is 0 Å². The van der Waals surface area contributed by atoms with Crippen LogP contribution >= 0.6 is 0 Å². The maximum atomic E-state index is 13.4. The van der Waals surface area contributed by atoms with Gasteiger partial charge in [0.05, 0.1) is 6.21 Å². The van der Waals surface area contributed by atoms with E-state index in [1.165, 1.54) is 12.8 Å². The van der Waals surface area contributed by atoms with Gasteiger partial charge < -0.3 is 28.7 Å². The molecule has 1 aromatic carbocycles. The lowest BCUT2D eigenvalue weighted by atomic mass is 9.94. The van der Waals surface area contributed by atoms with E-state index in [0.717, 1.165) is 67.8 Å².